The van der Waals surface area contributed by atoms with E-state index in [4.69, 9.17) is 9.84 Å². The fourth-order valence-corrected chi connectivity index (χ4v) is 4.10. The fourth-order valence-electron chi connectivity index (χ4n) is 2.56. The molecule has 0 saturated carbocycles. The molecule has 2 saturated heterocycles. The third-order valence-corrected chi connectivity index (χ3v) is 5.04. The zero-order valence-corrected chi connectivity index (χ0v) is 12.5. The Hall–Kier alpha value is -1.64. The van der Waals surface area contributed by atoms with Gasteiger partial charge in [0, 0.05) is 17.5 Å². The van der Waals surface area contributed by atoms with Gasteiger partial charge in [-0.05, 0) is 19.8 Å². The second kappa shape index (κ2) is 6.88. The van der Waals surface area contributed by atoms with Gasteiger partial charge in [0.1, 0.15) is 0 Å². The Morgan fingerprint density at radius 3 is 2.90 bits per heavy atom. The summed E-state index contributed by atoms with van der Waals surface area (Å²) in [6.45, 7) is 1.87. The molecule has 0 radical (unpaired) electrons. The van der Waals surface area contributed by atoms with Crippen LogP contribution in [0.4, 0.5) is 14.4 Å². The Kier molecular flexibility index (Phi) is 5.16. The van der Waals surface area contributed by atoms with Gasteiger partial charge in [0.25, 0.3) is 0 Å². The molecule has 0 spiro atoms. The lowest BCUT2D eigenvalue weighted by atomic mass is 10.0. The smallest absolute Gasteiger partial charge is 0.419 e. The van der Waals surface area contributed by atoms with E-state index in [1.54, 1.807) is 18.7 Å². The highest BCUT2D eigenvalue weighted by molar-refractivity contribution is 8.00. The molecular formula is C12H19N3O5S. The van der Waals surface area contributed by atoms with E-state index in [2.05, 4.69) is 10.6 Å². The summed E-state index contributed by atoms with van der Waals surface area (Å²) in [5.41, 5.74) is 0. The summed E-state index contributed by atoms with van der Waals surface area (Å²) < 4.78 is 4.71. The predicted octanol–water partition coefficient (Wildman–Crippen LogP) is 1.07. The molecule has 0 aromatic carbocycles. The zero-order valence-electron chi connectivity index (χ0n) is 11.7. The molecule has 0 aromatic rings. The van der Waals surface area contributed by atoms with Crippen LogP contribution in [0, 0.1) is 0 Å². The van der Waals surface area contributed by atoms with Crippen molar-refractivity contribution < 1.29 is 24.2 Å². The number of nitrogens with one attached hydrogen (secondary N) is 2. The van der Waals surface area contributed by atoms with E-state index in [9.17, 15) is 14.4 Å². The molecule has 2 aliphatic heterocycles. The molecular weight excluding hydrogens is 298 g/mol. The van der Waals surface area contributed by atoms with Gasteiger partial charge in [-0.15, -0.1) is 0 Å². The van der Waals surface area contributed by atoms with Crippen molar-refractivity contribution in [1.82, 2.24) is 15.5 Å². The summed E-state index contributed by atoms with van der Waals surface area (Å²) >= 11 is 1.76. The summed E-state index contributed by atoms with van der Waals surface area (Å²) in [5.74, 6) is 0.856. The van der Waals surface area contributed by atoms with Gasteiger partial charge >= 0.3 is 18.2 Å². The van der Waals surface area contributed by atoms with E-state index in [1.165, 1.54) is 0 Å². The monoisotopic (exact) mass is 317 g/mol. The highest BCUT2D eigenvalue weighted by Crippen LogP contribution is 2.32. The lowest BCUT2D eigenvalue weighted by Gasteiger charge is -2.19. The highest BCUT2D eigenvalue weighted by atomic mass is 32.2. The average Bonchev–Trinajstić information content (AvgIpc) is 2.94. The first-order valence-corrected chi connectivity index (χ1v) is 7.93. The second-order valence-electron chi connectivity index (χ2n) is 4.90. The molecule has 9 heteroatoms. The SMILES string of the molecule is CCOC(=O)N(CCC[C@@H]1SC[C@@H]2NC(=O)N[C@@H]21)C(=O)O. The van der Waals surface area contributed by atoms with Gasteiger partial charge in [-0.3, -0.25) is 0 Å². The average molecular weight is 317 g/mol. The van der Waals surface area contributed by atoms with Gasteiger partial charge in [-0.25, -0.2) is 19.3 Å². The van der Waals surface area contributed by atoms with Crippen LogP contribution >= 0.6 is 11.8 Å². The number of fused-ring (bicyclic) bond motifs is 1. The topological polar surface area (TPSA) is 108 Å². The standard InChI is InChI=1S/C12H19N3O5S/c1-2-20-12(19)15(11(17)18)5-3-4-8-9-7(6-21-8)13-10(16)14-9/h7-9H,2-6H2,1H3,(H,17,18)(H2,13,14,16)/t7-,8-,9-/m0/s1. The minimum absolute atomic E-state index is 0.0865. The molecule has 118 valence electrons. The third-order valence-electron chi connectivity index (χ3n) is 3.53. The van der Waals surface area contributed by atoms with Crippen LogP contribution in [-0.2, 0) is 4.74 Å². The van der Waals surface area contributed by atoms with Crippen molar-refractivity contribution in [3.05, 3.63) is 0 Å². The van der Waals surface area contributed by atoms with Crippen LogP contribution in [0.3, 0.4) is 0 Å². The number of hydrogen-bond donors (Lipinski definition) is 3. The first-order chi connectivity index (χ1) is 10.0. The molecule has 0 bridgehead atoms. The third kappa shape index (κ3) is 3.72. The van der Waals surface area contributed by atoms with Crippen molar-refractivity contribution in [3.8, 4) is 0 Å². The van der Waals surface area contributed by atoms with Gasteiger partial charge in [-0.1, -0.05) is 0 Å². The van der Waals surface area contributed by atoms with Crippen molar-refractivity contribution in [1.29, 1.82) is 0 Å². The molecule has 3 N–H and O–H groups in total. The number of rotatable bonds is 5. The summed E-state index contributed by atoms with van der Waals surface area (Å²) in [6.07, 6.45) is -0.863. The van der Waals surface area contributed by atoms with Crippen LogP contribution < -0.4 is 10.6 Å². The summed E-state index contributed by atoms with van der Waals surface area (Å²) in [5, 5.41) is 15.0. The van der Waals surface area contributed by atoms with Gasteiger partial charge in [-0.2, -0.15) is 11.8 Å². The maximum Gasteiger partial charge on any atom is 0.419 e. The van der Waals surface area contributed by atoms with Gasteiger partial charge in [0.05, 0.1) is 18.7 Å². The minimum atomic E-state index is -1.30. The number of imide groups is 1. The predicted molar refractivity (Wildman–Crippen MR) is 76.5 cm³/mol. The normalized spacial score (nSPS) is 26.7. The molecule has 2 heterocycles. The molecule has 2 rings (SSSR count). The van der Waals surface area contributed by atoms with Crippen LogP contribution in [0.2, 0.25) is 0 Å². The van der Waals surface area contributed by atoms with Gasteiger partial charge in [0.2, 0.25) is 0 Å². The summed E-state index contributed by atoms with van der Waals surface area (Å²) in [6, 6.07) is 0.0884. The lowest BCUT2D eigenvalue weighted by Crippen LogP contribution is -2.39. The Labute approximate surface area is 126 Å². The second-order valence-corrected chi connectivity index (χ2v) is 6.17. The Morgan fingerprint density at radius 1 is 1.48 bits per heavy atom. The largest absolute Gasteiger partial charge is 0.465 e. The lowest BCUT2D eigenvalue weighted by molar-refractivity contribution is 0.0973. The van der Waals surface area contributed by atoms with Crippen molar-refractivity contribution in [2.75, 3.05) is 18.9 Å². The molecule has 0 unspecified atom stereocenters. The number of amides is 4. The number of ether oxygens (including phenoxy) is 1. The minimum Gasteiger partial charge on any atom is -0.465 e. The number of urea groups is 1. The molecule has 0 aliphatic carbocycles. The quantitative estimate of drug-likeness (QED) is 0.655. The van der Waals surface area contributed by atoms with Crippen molar-refractivity contribution in [2.45, 2.75) is 37.1 Å². The van der Waals surface area contributed by atoms with Gasteiger partial charge in [0.15, 0.2) is 0 Å². The fraction of sp³-hybridized carbons (Fsp3) is 0.750. The molecule has 3 atom stereocenters. The first-order valence-electron chi connectivity index (χ1n) is 6.88. The number of carboxylic acid groups (broad SMARTS) is 1. The molecule has 2 aliphatic rings. The van der Waals surface area contributed by atoms with Crippen LogP contribution in [0.1, 0.15) is 19.8 Å². The van der Waals surface area contributed by atoms with Gasteiger partial charge < -0.3 is 20.5 Å². The number of hydrogen-bond acceptors (Lipinski definition) is 5. The van der Waals surface area contributed by atoms with E-state index in [1.807, 2.05) is 0 Å². The number of carbonyl (C=O) groups is 3. The Morgan fingerprint density at radius 2 is 2.24 bits per heavy atom. The Balaban J connectivity index is 1.78. The molecule has 4 amide bonds. The zero-order chi connectivity index (χ0) is 15.4. The molecule has 0 aromatic heterocycles. The molecule has 21 heavy (non-hydrogen) atoms. The maximum atomic E-state index is 11.5. The van der Waals surface area contributed by atoms with E-state index in [-0.39, 0.29) is 36.5 Å². The van der Waals surface area contributed by atoms with Crippen LogP contribution in [0.25, 0.3) is 0 Å². The van der Waals surface area contributed by atoms with E-state index in [0.29, 0.717) is 11.3 Å². The summed E-state index contributed by atoms with van der Waals surface area (Å²) in [4.78, 5) is 34.5. The maximum absolute atomic E-state index is 11.5. The van der Waals surface area contributed by atoms with E-state index in [0.717, 1.165) is 12.2 Å². The number of nitrogens with zero attached hydrogens (tertiary/aromatic N) is 1. The molecule has 2 fully saturated rings. The Bertz CT molecular complexity index is 433. The first kappa shape index (κ1) is 15.7. The van der Waals surface area contributed by atoms with E-state index < -0.39 is 12.2 Å². The van der Waals surface area contributed by atoms with Crippen LogP contribution in [0.15, 0.2) is 0 Å². The van der Waals surface area contributed by atoms with Crippen molar-refractivity contribution in [2.24, 2.45) is 0 Å². The number of carbonyl (C=O) groups excluding carboxylic acids is 2. The number of thioether (sulfide) groups is 1. The molecule has 8 nitrogen and oxygen atoms in total. The van der Waals surface area contributed by atoms with Crippen LogP contribution in [0.5, 0.6) is 0 Å². The summed E-state index contributed by atoms with van der Waals surface area (Å²) in [7, 11) is 0. The van der Waals surface area contributed by atoms with E-state index >= 15 is 0 Å². The van der Waals surface area contributed by atoms with Crippen LogP contribution in [-0.4, -0.2) is 64.5 Å². The highest BCUT2D eigenvalue weighted by Gasteiger charge is 2.42. The van der Waals surface area contributed by atoms with Crippen molar-refractivity contribution >= 4 is 30.0 Å². The van der Waals surface area contributed by atoms with Crippen molar-refractivity contribution in [3.63, 3.8) is 0 Å².